The minimum atomic E-state index is -3.49. The minimum Gasteiger partial charge on any atom is -0.317 e. The third-order valence-electron chi connectivity index (χ3n) is 4.71. The summed E-state index contributed by atoms with van der Waals surface area (Å²) in [6.07, 6.45) is 2.57. The molecule has 1 aliphatic rings. The lowest BCUT2D eigenvalue weighted by atomic mass is 10.1. The first-order chi connectivity index (χ1) is 12.1. The minimum absolute atomic E-state index is 0.0894. The predicted molar refractivity (Wildman–Crippen MR) is 102 cm³/mol. The quantitative estimate of drug-likeness (QED) is 0.860. The lowest BCUT2D eigenvalue weighted by molar-refractivity contribution is 0.262. The average molecular weight is 359 g/mol. The monoisotopic (exact) mass is 358 g/mol. The molecule has 1 saturated heterocycles. The second-order valence-electron chi connectivity index (χ2n) is 6.49. The molecule has 0 unspecified atom stereocenters. The molecule has 1 N–H and O–H groups in total. The third kappa shape index (κ3) is 4.11. The number of piperidine rings is 1. The van der Waals surface area contributed by atoms with Crippen molar-refractivity contribution in [2.45, 2.75) is 37.1 Å². The van der Waals surface area contributed by atoms with Crippen molar-refractivity contribution in [3.63, 3.8) is 0 Å². The Labute approximate surface area is 150 Å². The van der Waals surface area contributed by atoms with Crippen LogP contribution in [0.2, 0.25) is 0 Å². The molecule has 0 aliphatic carbocycles. The van der Waals surface area contributed by atoms with Gasteiger partial charge in [0.25, 0.3) is 0 Å². The molecule has 4 nitrogen and oxygen atoms in total. The zero-order valence-electron chi connectivity index (χ0n) is 14.7. The number of benzene rings is 2. The molecule has 0 aromatic heterocycles. The fraction of sp³-hybridized carbons (Fsp3) is 0.400. The number of hydrogen-bond donors (Lipinski definition) is 1. The van der Waals surface area contributed by atoms with Crippen molar-refractivity contribution in [2.75, 3.05) is 19.6 Å². The van der Waals surface area contributed by atoms with Gasteiger partial charge in [-0.25, -0.2) is 8.42 Å². The first-order valence-corrected chi connectivity index (χ1v) is 10.4. The standard InChI is InChI=1S/C20H26N2O2S/c1-2-15-22(19-11-13-21-14-12-19)25(23,24)20-10-6-9-18(16-20)17-7-4-3-5-8-17/h3-10,16,19,21H,2,11-15H2,1H3. The predicted octanol–water partition coefficient (Wildman–Crippen LogP) is 3.51. The Kier molecular flexibility index (Phi) is 5.89. The van der Waals surface area contributed by atoms with Crippen LogP contribution in [0.4, 0.5) is 0 Å². The van der Waals surface area contributed by atoms with Gasteiger partial charge >= 0.3 is 0 Å². The van der Waals surface area contributed by atoms with E-state index in [9.17, 15) is 8.42 Å². The van der Waals surface area contributed by atoms with Crippen LogP contribution in [0.5, 0.6) is 0 Å². The lowest BCUT2D eigenvalue weighted by Crippen LogP contribution is -2.46. The molecule has 1 aliphatic heterocycles. The zero-order valence-corrected chi connectivity index (χ0v) is 15.5. The molecule has 1 fully saturated rings. The van der Waals surface area contributed by atoms with E-state index < -0.39 is 10.0 Å². The smallest absolute Gasteiger partial charge is 0.243 e. The number of nitrogens with one attached hydrogen (secondary N) is 1. The number of nitrogens with zero attached hydrogens (tertiary/aromatic N) is 1. The Hall–Kier alpha value is -1.69. The Morgan fingerprint density at radius 1 is 1.00 bits per heavy atom. The van der Waals surface area contributed by atoms with Gasteiger partial charge in [-0.15, -0.1) is 0 Å². The molecule has 0 spiro atoms. The van der Waals surface area contributed by atoms with E-state index in [1.807, 2.05) is 49.4 Å². The van der Waals surface area contributed by atoms with Gasteiger partial charge in [0.1, 0.15) is 0 Å². The van der Waals surface area contributed by atoms with Crippen LogP contribution in [-0.4, -0.2) is 38.4 Å². The largest absolute Gasteiger partial charge is 0.317 e. The van der Waals surface area contributed by atoms with Gasteiger partial charge in [0.2, 0.25) is 10.0 Å². The fourth-order valence-corrected chi connectivity index (χ4v) is 5.24. The lowest BCUT2D eigenvalue weighted by Gasteiger charge is -2.33. The van der Waals surface area contributed by atoms with Gasteiger partial charge in [0.05, 0.1) is 4.90 Å². The van der Waals surface area contributed by atoms with Gasteiger partial charge in [-0.3, -0.25) is 0 Å². The normalized spacial score (nSPS) is 16.2. The molecule has 134 valence electrons. The van der Waals surface area contributed by atoms with Crippen LogP contribution in [0.15, 0.2) is 59.5 Å². The topological polar surface area (TPSA) is 49.4 Å². The summed E-state index contributed by atoms with van der Waals surface area (Å²) in [5.41, 5.74) is 1.96. The van der Waals surface area contributed by atoms with Crippen molar-refractivity contribution >= 4 is 10.0 Å². The van der Waals surface area contributed by atoms with E-state index in [4.69, 9.17) is 0 Å². The maximum atomic E-state index is 13.3. The first-order valence-electron chi connectivity index (χ1n) is 9.01. The molecule has 2 aromatic carbocycles. The molecule has 0 amide bonds. The van der Waals surface area contributed by atoms with Crippen LogP contribution in [0.3, 0.4) is 0 Å². The third-order valence-corrected chi connectivity index (χ3v) is 6.66. The van der Waals surface area contributed by atoms with Crippen LogP contribution >= 0.6 is 0 Å². The first kappa shape index (κ1) is 18.1. The van der Waals surface area contributed by atoms with Crippen LogP contribution in [0.25, 0.3) is 11.1 Å². The van der Waals surface area contributed by atoms with Gasteiger partial charge < -0.3 is 5.32 Å². The maximum absolute atomic E-state index is 13.3. The van der Waals surface area contributed by atoms with Gasteiger partial charge in [0.15, 0.2) is 0 Å². The number of rotatable bonds is 6. The fourth-order valence-electron chi connectivity index (χ4n) is 3.42. The van der Waals surface area contributed by atoms with Crippen LogP contribution in [0.1, 0.15) is 26.2 Å². The second-order valence-corrected chi connectivity index (χ2v) is 8.38. The van der Waals surface area contributed by atoms with Gasteiger partial charge in [-0.05, 0) is 55.6 Å². The molecule has 3 rings (SSSR count). The Balaban J connectivity index is 1.94. The summed E-state index contributed by atoms with van der Waals surface area (Å²) in [6.45, 7) is 4.36. The molecule has 0 saturated carbocycles. The summed E-state index contributed by atoms with van der Waals surface area (Å²) in [7, 11) is -3.49. The SMILES string of the molecule is CCCN(C1CCNCC1)S(=O)(=O)c1cccc(-c2ccccc2)c1. The highest BCUT2D eigenvalue weighted by molar-refractivity contribution is 7.89. The molecule has 2 aromatic rings. The molecular weight excluding hydrogens is 332 g/mol. The summed E-state index contributed by atoms with van der Waals surface area (Å²) in [4.78, 5) is 0.390. The molecular formula is C20H26N2O2S. The molecule has 0 radical (unpaired) electrons. The molecule has 1 heterocycles. The van der Waals surface area contributed by atoms with E-state index in [2.05, 4.69) is 5.32 Å². The Morgan fingerprint density at radius 3 is 2.36 bits per heavy atom. The van der Waals surface area contributed by atoms with Crippen molar-refractivity contribution in [2.24, 2.45) is 0 Å². The van der Waals surface area contributed by atoms with Gasteiger partial charge in [-0.1, -0.05) is 49.4 Å². The highest BCUT2D eigenvalue weighted by atomic mass is 32.2. The van der Waals surface area contributed by atoms with Gasteiger partial charge in [0, 0.05) is 12.6 Å². The van der Waals surface area contributed by atoms with E-state index >= 15 is 0 Å². The van der Waals surface area contributed by atoms with Crippen molar-refractivity contribution in [3.8, 4) is 11.1 Å². The highest BCUT2D eigenvalue weighted by Gasteiger charge is 2.31. The number of hydrogen-bond acceptors (Lipinski definition) is 3. The van der Waals surface area contributed by atoms with Crippen molar-refractivity contribution < 1.29 is 8.42 Å². The Morgan fingerprint density at radius 2 is 1.68 bits per heavy atom. The van der Waals surface area contributed by atoms with Crippen molar-refractivity contribution in [1.29, 1.82) is 0 Å². The van der Waals surface area contributed by atoms with Gasteiger partial charge in [-0.2, -0.15) is 4.31 Å². The van der Waals surface area contributed by atoms with E-state index in [-0.39, 0.29) is 6.04 Å². The molecule has 0 bridgehead atoms. The average Bonchev–Trinajstić information content (AvgIpc) is 2.67. The summed E-state index contributed by atoms with van der Waals surface area (Å²) >= 11 is 0. The van der Waals surface area contributed by atoms with E-state index in [0.29, 0.717) is 11.4 Å². The number of sulfonamides is 1. The molecule has 25 heavy (non-hydrogen) atoms. The Bertz CT molecular complexity index is 784. The summed E-state index contributed by atoms with van der Waals surface area (Å²) < 4.78 is 28.3. The van der Waals surface area contributed by atoms with Crippen molar-refractivity contribution in [1.82, 2.24) is 9.62 Å². The van der Waals surface area contributed by atoms with E-state index in [1.165, 1.54) is 0 Å². The van der Waals surface area contributed by atoms with Crippen LogP contribution in [-0.2, 0) is 10.0 Å². The maximum Gasteiger partial charge on any atom is 0.243 e. The van der Waals surface area contributed by atoms with E-state index in [1.54, 1.807) is 16.4 Å². The molecule has 5 heteroatoms. The highest BCUT2D eigenvalue weighted by Crippen LogP contribution is 2.27. The summed E-state index contributed by atoms with van der Waals surface area (Å²) in [5.74, 6) is 0. The molecule has 0 atom stereocenters. The summed E-state index contributed by atoms with van der Waals surface area (Å²) in [6, 6.07) is 17.3. The second kappa shape index (κ2) is 8.13. The summed E-state index contributed by atoms with van der Waals surface area (Å²) in [5, 5.41) is 3.31. The van der Waals surface area contributed by atoms with Crippen molar-refractivity contribution in [3.05, 3.63) is 54.6 Å². The van der Waals surface area contributed by atoms with E-state index in [0.717, 1.165) is 43.5 Å². The van der Waals surface area contributed by atoms with Crippen LogP contribution < -0.4 is 5.32 Å². The van der Waals surface area contributed by atoms with Crippen LogP contribution in [0, 0.1) is 0 Å². The zero-order chi connectivity index (χ0) is 17.7.